The Kier molecular flexibility index (Phi) is 3.89. The Morgan fingerprint density at radius 3 is 2.59 bits per heavy atom. The zero-order chi connectivity index (χ0) is 15.5. The number of anilines is 1. The number of nitrogens with zero attached hydrogens (tertiary/aromatic N) is 2. The van der Waals surface area contributed by atoms with Crippen molar-refractivity contribution in [2.24, 2.45) is 0 Å². The van der Waals surface area contributed by atoms with Gasteiger partial charge in [0, 0.05) is 18.7 Å². The molecule has 3 rings (SSSR count). The number of fused-ring (bicyclic) bond motifs is 1. The van der Waals surface area contributed by atoms with Gasteiger partial charge in [0.1, 0.15) is 5.82 Å². The lowest BCUT2D eigenvalue weighted by atomic mass is 10.1. The van der Waals surface area contributed by atoms with Gasteiger partial charge in [-0.2, -0.15) is 4.98 Å². The van der Waals surface area contributed by atoms with Crippen molar-refractivity contribution >= 4 is 16.6 Å². The molecule has 5 heteroatoms. The molecule has 0 saturated carbocycles. The Bertz CT molecular complexity index is 857. The summed E-state index contributed by atoms with van der Waals surface area (Å²) in [6.45, 7) is 0.512. The van der Waals surface area contributed by atoms with Crippen molar-refractivity contribution in [1.82, 2.24) is 9.55 Å². The molecular formula is C17H17N3O2. The average Bonchev–Trinajstić information content (AvgIpc) is 2.52. The normalized spacial score (nSPS) is 11.0. The third kappa shape index (κ3) is 2.58. The maximum absolute atomic E-state index is 12.2. The van der Waals surface area contributed by atoms with E-state index in [-0.39, 0.29) is 12.2 Å². The Morgan fingerprint density at radius 1 is 1.09 bits per heavy atom. The number of nitrogens with two attached hydrogens (primary N) is 1. The highest BCUT2D eigenvalue weighted by Gasteiger charge is 2.12. The van der Waals surface area contributed by atoms with E-state index in [0.717, 1.165) is 11.1 Å². The van der Waals surface area contributed by atoms with Crippen LogP contribution in [0.2, 0.25) is 0 Å². The molecule has 0 radical (unpaired) electrons. The van der Waals surface area contributed by atoms with E-state index in [4.69, 9.17) is 5.73 Å². The van der Waals surface area contributed by atoms with E-state index < -0.39 is 0 Å². The fourth-order valence-electron chi connectivity index (χ4n) is 2.62. The Balaban J connectivity index is 2.25. The van der Waals surface area contributed by atoms with Crippen LogP contribution in [-0.4, -0.2) is 21.3 Å². The monoisotopic (exact) mass is 295 g/mol. The standard InChI is InChI=1S/C17H17N3O2/c18-13-7-4-8-14-16(13)17(22)19-15(9-10-21)20(14)11-12-5-2-1-3-6-12/h1-8,21H,9-11,18H2. The fourth-order valence-corrected chi connectivity index (χ4v) is 2.62. The van der Waals surface area contributed by atoms with Crippen LogP contribution in [0.15, 0.2) is 53.3 Å². The van der Waals surface area contributed by atoms with Gasteiger partial charge >= 0.3 is 0 Å². The highest BCUT2D eigenvalue weighted by atomic mass is 16.3. The van der Waals surface area contributed by atoms with Crippen molar-refractivity contribution in [2.45, 2.75) is 13.0 Å². The molecule has 0 spiro atoms. The lowest BCUT2D eigenvalue weighted by molar-refractivity contribution is 0.294. The van der Waals surface area contributed by atoms with Crippen molar-refractivity contribution in [3.05, 3.63) is 70.3 Å². The molecule has 3 aromatic rings. The van der Waals surface area contributed by atoms with Crippen LogP contribution in [-0.2, 0) is 13.0 Å². The Hall–Kier alpha value is -2.66. The first-order chi connectivity index (χ1) is 10.7. The zero-order valence-corrected chi connectivity index (χ0v) is 12.1. The molecule has 1 heterocycles. The summed E-state index contributed by atoms with van der Waals surface area (Å²) in [5, 5.41) is 9.68. The predicted octanol–water partition coefficient (Wildman–Crippen LogP) is 1.56. The van der Waals surface area contributed by atoms with Crippen molar-refractivity contribution in [3.63, 3.8) is 0 Å². The molecule has 0 aliphatic rings. The van der Waals surface area contributed by atoms with Gasteiger partial charge in [0.2, 0.25) is 0 Å². The van der Waals surface area contributed by atoms with Crippen LogP contribution >= 0.6 is 0 Å². The van der Waals surface area contributed by atoms with Crippen LogP contribution < -0.4 is 11.3 Å². The number of aliphatic hydroxyl groups excluding tert-OH is 1. The van der Waals surface area contributed by atoms with Gasteiger partial charge in [-0.05, 0) is 17.7 Å². The highest BCUT2D eigenvalue weighted by Crippen LogP contribution is 2.19. The summed E-state index contributed by atoms with van der Waals surface area (Å²) in [6.07, 6.45) is 0.326. The van der Waals surface area contributed by atoms with E-state index in [1.165, 1.54) is 0 Å². The smallest absolute Gasteiger partial charge is 0.282 e. The first-order valence-corrected chi connectivity index (χ1v) is 7.13. The van der Waals surface area contributed by atoms with Crippen LogP contribution in [0.1, 0.15) is 11.4 Å². The summed E-state index contributed by atoms with van der Waals surface area (Å²) in [6, 6.07) is 15.3. The van der Waals surface area contributed by atoms with Gasteiger partial charge in [0.25, 0.3) is 5.56 Å². The maximum atomic E-state index is 12.2. The number of rotatable bonds is 4. The number of aliphatic hydroxyl groups is 1. The van der Waals surface area contributed by atoms with Crippen LogP contribution in [0.25, 0.3) is 10.9 Å². The van der Waals surface area contributed by atoms with Gasteiger partial charge in [0.05, 0.1) is 17.5 Å². The van der Waals surface area contributed by atoms with Gasteiger partial charge in [-0.15, -0.1) is 0 Å². The number of aromatic nitrogens is 2. The van der Waals surface area contributed by atoms with E-state index in [1.54, 1.807) is 6.07 Å². The average molecular weight is 295 g/mol. The molecule has 112 valence electrons. The molecule has 0 unspecified atom stereocenters. The van der Waals surface area contributed by atoms with Crippen LogP contribution in [0.5, 0.6) is 0 Å². The number of benzene rings is 2. The first kappa shape index (κ1) is 14.3. The molecule has 5 nitrogen and oxygen atoms in total. The molecule has 0 atom stereocenters. The molecule has 0 aliphatic heterocycles. The molecule has 3 N–H and O–H groups in total. The number of hydrogen-bond donors (Lipinski definition) is 2. The van der Waals surface area contributed by atoms with E-state index in [0.29, 0.717) is 29.9 Å². The first-order valence-electron chi connectivity index (χ1n) is 7.13. The lowest BCUT2D eigenvalue weighted by Crippen LogP contribution is -2.21. The third-order valence-corrected chi connectivity index (χ3v) is 3.64. The molecule has 2 aromatic carbocycles. The second-order valence-corrected chi connectivity index (χ2v) is 5.12. The van der Waals surface area contributed by atoms with Crippen molar-refractivity contribution in [2.75, 3.05) is 12.3 Å². The predicted molar refractivity (Wildman–Crippen MR) is 86.7 cm³/mol. The molecule has 0 aliphatic carbocycles. The molecule has 0 saturated heterocycles. The second-order valence-electron chi connectivity index (χ2n) is 5.12. The summed E-state index contributed by atoms with van der Waals surface area (Å²) < 4.78 is 1.94. The quantitative estimate of drug-likeness (QED) is 0.716. The fraction of sp³-hybridized carbons (Fsp3) is 0.176. The van der Waals surface area contributed by atoms with Crippen molar-refractivity contribution < 1.29 is 5.11 Å². The van der Waals surface area contributed by atoms with Gasteiger partial charge in [-0.3, -0.25) is 4.79 Å². The molecule has 0 amide bonds. The largest absolute Gasteiger partial charge is 0.398 e. The summed E-state index contributed by atoms with van der Waals surface area (Å²) in [5.41, 5.74) is 7.85. The van der Waals surface area contributed by atoms with Gasteiger partial charge in [-0.25, -0.2) is 0 Å². The van der Waals surface area contributed by atoms with E-state index >= 15 is 0 Å². The summed E-state index contributed by atoms with van der Waals surface area (Å²) >= 11 is 0. The summed E-state index contributed by atoms with van der Waals surface area (Å²) in [7, 11) is 0. The second kappa shape index (κ2) is 5.99. The highest BCUT2D eigenvalue weighted by molar-refractivity contribution is 5.89. The van der Waals surface area contributed by atoms with Gasteiger partial charge < -0.3 is 15.4 Å². The van der Waals surface area contributed by atoms with Gasteiger partial charge in [0.15, 0.2) is 0 Å². The third-order valence-electron chi connectivity index (χ3n) is 3.64. The molecule has 0 fully saturated rings. The Labute approximate surface area is 127 Å². The molecular weight excluding hydrogens is 278 g/mol. The minimum absolute atomic E-state index is 0.0605. The molecule has 22 heavy (non-hydrogen) atoms. The van der Waals surface area contributed by atoms with Crippen LogP contribution in [0.3, 0.4) is 0 Å². The number of hydrogen-bond acceptors (Lipinski definition) is 4. The summed E-state index contributed by atoms with van der Waals surface area (Å²) in [4.78, 5) is 16.3. The minimum Gasteiger partial charge on any atom is -0.398 e. The Morgan fingerprint density at radius 2 is 1.86 bits per heavy atom. The zero-order valence-electron chi connectivity index (χ0n) is 12.1. The number of nitrogen functional groups attached to an aromatic ring is 1. The SMILES string of the molecule is Nc1cccc2c1c(=O)nc(CCO)n2Cc1ccccc1. The lowest BCUT2D eigenvalue weighted by Gasteiger charge is -2.16. The van der Waals surface area contributed by atoms with E-state index in [1.807, 2.05) is 47.0 Å². The van der Waals surface area contributed by atoms with Gasteiger partial charge in [-0.1, -0.05) is 36.4 Å². The van der Waals surface area contributed by atoms with Crippen molar-refractivity contribution in [3.8, 4) is 0 Å². The van der Waals surface area contributed by atoms with Crippen LogP contribution in [0, 0.1) is 0 Å². The topological polar surface area (TPSA) is 81.1 Å². The molecule has 0 bridgehead atoms. The van der Waals surface area contributed by atoms with Crippen molar-refractivity contribution in [1.29, 1.82) is 0 Å². The maximum Gasteiger partial charge on any atom is 0.282 e. The van der Waals surface area contributed by atoms with Crippen LogP contribution in [0.4, 0.5) is 5.69 Å². The summed E-state index contributed by atoms with van der Waals surface area (Å²) in [5.74, 6) is 0.564. The minimum atomic E-state index is -0.346. The molecule has 1 aromatic heterocycles. The van der Waals surface area contributed by atoms with E-state index in [2.05, 4.69) is 4.98 Å². The van der Waals surface area contributed by atoms with E-state index in [9.17, 15) is 9.90 Å².